The van der Waals surface area contributed by atoms with Gasteiger partial charge in [-0.2, -0.15) is 0 Å². The average Bonchev–Trinajstić information content (AvgIpc) is 2.58. The van der Waals surface area contributed by atoms with Crippen LogP contribution in [0.5, 0.6) is 5.75 Å². The van der Waals surface area contributed by atoms with Crippen molar-refractivity contribution >= 4 is 16.8 Å². The minimum absolute atomic E-state index is 0.0222. The molecule has 1 heterocycles. The molecule has 0 fully saturated rings. The molecule has 1 aromatic carbocycles. The fourth-order valence-corrected chi connectivity index (χ4v) is 1.94. The monoisotopic (exact) mass is 219 g/mol. The summed E-state index contributed by atoms with van der Waals surface area (Å²) in [4.78, 5) is 11.4. The lowest BCUT2D eigenvalue weighted by Crippen LogP contribution is -2.51. The lowest BCUT2D eigenvalue weighted by atomic mass is 10.1. The summed E-state index contributed by atoms with van der Waals surface area (Å²) in [5, 5.41) is 10.4. The van der Waals surface area contributed by atoms with Crippen molar-refractivity contribution in [2.24, 2.45) is 0 Å². The molecule has 2 rings (SSSR count). The van der Waals surface area contributed by atoms with Gasteiger partial charge in [0.2, 0.25) is 5.91 Å². The molecule has 0 saturated heterocycles. The standard InChI is InChI=1S/C12H14N2O2/c1-8(15)14-7-9(4-5-13)11-6-10(16)2-3-12(11)14/h2-3,6-7,16H,4-5,13H2,1H3/p+1. The molecular weight excluding hydrogens is 204 g/mol. The van der Waals surface area contributed by atoms with Crippen LogP contribution in [-0.2, 0) is 6.42 Å². The molecule has 4 nitrogen and oxygen atoms in total. The number of aromatic nitrogens is 1. The number of aromatic hydroxyl groups is 1. The van der Waals surface area contributed by atoms with Gasteiger partial charge in [0.05, 0.1) is 12.1 Å². The van der Waals surface area contributed by atoms with Crippen LogP contribution in [0.4, 0.5) is 0 Å². The number of phenols is 1. The van der Waals surface area contributed by atoms with E-state index in [4.69, 9.17) is 0 Å². The molecule has 1 aromatic heterocycles. The highest BCUT2D eigenvalue weighted by molar-refractivity contribution is 5.94. The zero-order valence-corrected chi connectivity index (χ0v) is 9.23. The predicted octanol–water partition coefficient (Wildman–Crippen LogP) is 0.791. The van der Waals surface area contributed by atoms with Crippen LogP contribution in [0.15, 0.2) is 24.4 Å². The number of phenolic OH excluding ortho intramolecular Hbond substituents is 1. The van der Waals surface area contributed by atoms with Gasteiger partial charge >= 0.3 is 0 Å². The SMILES string of the molecule is CC(=O)n1cc(CC[NH3+])c2cc(O)ccc21. The van der Waals surface area contributed by atoms with Crippen molar-refractivity contribution in [1.29, 1.82) is 0 Å². The number of benzene rings is 1. The topological polar surface area (TPSA) is 69.9 Å². The van der Waals surface area contributed by atoms with Crippen LogP contribution in [0.25, 0.3) is 10.9 Å². The highest BCUT2D eigenvalue weighted by atomic mass is 16.3. The van der Waals surface area contributed by atoms with Gasteiger partial charge in [0.1, 0.15) is 5.75 Å². The molecule has 0 bridgehead atoms. The van der Waals surface area contributed by atoms with Gasteiger partial charge in [-0.3, -0.25) is 9.36 Å². The predicted molar refractivity (Wildman–Crippen MR) is 61.4 cm³/mol. The molecule has 4 N–H and O–H groups in total. The number of carbonyl (C=O) groups is 1. The van der Waals surface area contributed by atoms with Crippen LogP contribution < -0.4 is 5.73 Å². The molecule has 16 heavy (non-hydrogen) atoms. The maximum atomic E-state index is 11.4. The number of quaternary nitrogens is 1. The number of carbonyl (C=O) groups excluding carboxylic acids is 1. The second-order valence-electron chi connectivity index (χ2n) is 3.85. The molecule has 0 aliphatic carbocycles. The summed E-state index contributed by atoms with van der Waals surface area (Å²) in [6.45, 7) is 2.30. The minimum atomic E-state index is -0.0222. The maximum absolute atomic E-state index is 11.4. The van der Waals surface area contributed by atoms with E-state index in [0.29, 0.717) is 0 Å². The van der Waals surface area contributed by atoms with Gasteiger partial charge in [-0.05, 0) is 23.8 Å². The Labute approximate surface area is 93.3 Å². The highest BCUT2D eigenvalue weighted by Crippen LogP contribution is 2.25. The van der Waals surface area contributed by atoms with Gasteiger partial charge in [-0.15, -0.1) is 0 Å². The molecule has 0 unspecified atom stereocenters. The van der Waals surface area contributed by atoms with Crippen LogP contribution in [0.3, 0.4) is 0 Å². The summed E-state index contributed by atoms with van der Waals surface area (Å²) in [5.41, 5.74) is 5.70. The second-order valence-corrected chi connectivity index (χ2v) is 3.85. The van der Waals surface area contributed by atoms with Gasteiger partial charge in [-0.1, -0.05) is 0 Å². The molecule has 0 saturated carbocycles. The van der Waals surface area contributed by atoms with Crippen molar-refractivity contribution in [3.63, 3.8) is 0 Å². The summed E-state index contributed by atoms with van der Waals surface area (Å²) in [5.74, 6) is 0.199. The van der Waals surface area contributed by atoms with Crippen LogP contribution in [0.1, 0.15) is 17.3 Å². The first-order valence-corrected chi connectivity index (χ1v) is 5.26. The third kappa shape index (κ3) is 1.67. The zero-order valence-electron chi connectivity index (χ0n) is 9.23. The third-order valence-corrected chi connectivity index (χ3v) is 2.66. The molecule has 0 radical (unpaired) electrons. The number of fused-ring (bicyclic) bond motifs is 1. The van der Waals surface area contributed by atoms with E-state index in [1.807, 2.05) is 6.20 Å². The first-order chi connectivity index (χ1) is 7.63. The van der Waals surface area contributed by atoms with Gasteiger partial charge in [0, 0.05) is 24.9 Å². The Morgan fingerprint density at radius 3 is 2.88 bits per heavy atom. The average molecular weight is 219 g/mol. The molecular formula is C12H15N2O2+. The zero-order chi connectivity index (χ0) is 11.7. The largest absolute Gasteiger partial charge is 0.508 e. The fraction of sp³-hybridized carbons (Fsp3) is 0.250. The Hall–Kier alpha value is -1.81. The molecule has 0 atom stereocenters. The van der Waals surface area contributed by atoms with Gasteiger partial charge in [0.15, 0.2) is 0 Å². The van der Waals surface area contributed by atoms with Gasteiger partial charge < -0.3 is 10.8 Å². The summed E-state index contributed by atoms with van der Waals surface area (Å²) in [6, 6.07) is 5.05. The Kier molecular flexibility index (Phi) is 2.66. The van der Waals surface area contributed by atoms with Crippen LogP contribution in [0.2, 0.25) is 0 Å². The summed E-state index contributed by atoms with van der Waals surface area (Å²) in [6.07, 6.45) is 2.64. The molecule has 4 heteroatoms. The van der Waals surface area contributed by atoms with Crippen LogP contribution in [-0.4, -0.2) is 22.1 Å². The lowest BCUT2D eigenvalue weighted by Gasteiger charge is -1.98. The van der Waals surface area contributed by atoms with Gasteiger partial charge in [-0.25, -0.2) is 0 Å². The number of rotatable bonds is 2. The highest BCUT2D eigenvalue weighted by Gasteiger charge is 2.11. The lowest BCUT2D eigenvalue weighted by molar-refractivity contribution is -0.366. The van der Waals surface area contributed by atoms with E-state index in [1.165, 1.54) is 6.92 Å². The van der Waals surface area contributed by atoms with Crippen LogP contribution in [0, 0.1) is 0 Å². The van der Waals surface area contributed by atoms with E-state index in [-0.39, 0.29) is 11.7 Å². The normalized spacial score (nSPS) is 10.9. The molecule has 0 aliphatic heterocycles. The smallest absolute Gasteiger partial charge is 0.227 e. The van der Waals surface area contributed by atoms with E-state index in [1.54, 1.807) is 22.8 Å². The van der Waals surface area contributed by atoms with Crippen molar-refractivity contribution in [3.8, 4) is 5.75 Å². The Morgan fingerprint density at radius 1 is 1.50 bits per heavy atom. The minimum Gasteiger partial charge on any atom is -0.508 e. The van der Waals surface area contributed by atoms with Crippen molar-refractivity contribution in [1.82, 2.24) is 4.57 Å². The first-order valence-electron chi connectivity index (χ1n) is 5.26. The quantitative estimate of drug-likeness (QED) is 0.784. The Balaban J connectivity index is 2.71. The van der Waals surface area contributed by atoms with Crippen molar-refractivity contribution in [2.45, 2.75) is 13.3 Å². The van der Waals surface area contributed by atoms with E-state index < -0.39 is 0 Å². The molecule has 0 aliphatic rings. The van der Waals surface area contributed by atoms with Crippen molar-refractivity contribution in [2.75, 3.05) is 6.54 Å². The van der Waals surface area contributed by atoms with Crippen molar-refractivity contribution in [3.05, 3.63) is 30.0 Å². The van der Waals surface area contributed by atoms with Crippen LogP contribution >= 0.6 is 0 Å². The summed E-state index contributed by atoms with van der Waals surface area (Å²) < 4.78 is 1.61. The first kappa shape index (κ1) is 10.7. The van der Waals surface area contributed by atoms with E-state index in [9.17, 15) is 9.90 Å². The van der Waals surface area contributed by atoms with E-state index in [2.05, 4.69) is 5.73 Å². The fourth-order valence-electron chi connectivity index (χ4n) is 1.94. The molecule has 2 aromatic rings. The third-order valence-electron chi connectivity index (χ3n) is 2.66. The summed E-state index contributed by atoms with van der Waals surface area (Å²) >= 11 is 0. The molecule has 84 valence electrons. The van der Waals surface area contributed by atoms with E-state index >= 15 is 0 Å². The second kappa shape index (κ2) is 3.98. The van der Waals surface area contributed by atoms with E-state index in [0.717, 1.165) is 29.4 Å². The van der Waals surface area contributed by atoms with Gasteiger partial charge in [0.25, 0.3) is 0 Å². The number of hydrogen-bond donors (Lipinski definition) is 2. The Morgan fingerprint density at radius 2 is 2.25 bits per heavy atom. The molecule has 0 amide bonds. The number of nitrogens with zero attached hydrogens (tertiary/aromatic N) is 1. The number of hydrogen-bond acceptors (Lipinski definition) is 2. The van der Waals surface area contributed by atoms with Crippen molar-refractivity contribution < 1.29 is 15.6 Å². The Bertz CT molecular complexity index is 543. The summed E-state index contributed by atoms with van der Waals surface area (Å²) in [7, 11) is 0. The molecule has 0 spiro atoms. The maximum Gasteiger partial charge on any atom is 0.227 e.